The summed E-state index contributed by atoms with van der Waals surface area (Å²) in [6, 6.07) is 4.03. The van der Waals surface area contributed by atoms with Gasteiger partial charge in [-0.05, 0) is 12.6 Å². The maximum absolute atomic E-state index is 8.35. The predicted octanol–water partition coefficient (Wildman–Crippen LogP) is 3.50. The lowest BCUT2D eigenvalue weighted by molar-refractivity contribution is -0.0229. The van der Waals surface area contributed by atoms with Gasteiger partial charge < -0.3 is 75.8 Å². The van der Waals surface area contributed by atoms with Crippen LogP contribution >= 0.6 is 28.3 Å². The summed E-state index contributed by atoms with van der Waals surface area (Å²) in [5, 5.41) is 16.7. The summed E-state index contributed by atoms with van der Waals surface area (Å²) in [6.07, 6.45) is 3.87. The van der Waals surface area contributed by atoms with Crippen LogP contribution in [0.25, 0.3) is 0 Å². The number of nitrogens with zero attached hydrogens (tertiary/aromatic N) is 2. The first-order chi connectivity index (χ1) is 29.3. The van der Waals surface area contributed by atoms with E-state index in [0.717, 1.165) is 32.0 Å². The van der Waals surface area contributed by atoms with Crippen LogP contribution in [0.3, 0.4) is 0 Å². The Labute approximate surface area is 369 Å². The number of halogens is 1. The third kappa shape index (κ3) is 64.3. The van der Waals surface area contributed by atoms with Crippen LogP contribution in [0, 0.1) is 22.7 Å². The largest absolute Gasteiger partial charge is 0.379 e. The molecule has 0 spiro atoms. The molecule has 1 unspecified atom stereocenters. The highest BCUT2D eigenvalue weighted by Gasteiger charge is 1.97. The molecule has 59 heavy (non-hydrogen) atoms. The van der Waals surface area contributed by atoms with Gasteiger partial charge >= 0.3 is 0 Å². The molecular weight excluding hydrogens is 910 g/mol. The van der Waals surface area contributed by atoms with Crippen LogP contribution in [0.2, 0.25) is 0 Å². The minimum absolute atomic E-state index is 0.410. The fourth-order valence-corrected chi connectivity index (χ4v) is 4.66. The van der Waals surface area contributed by atoms with E-state index in [1.807, 2.05) is 12.1 Å². The van der Waals surface area contributed by atoms with Gasteiger partial charge in [0.05, 0.1) is 230 Å². The van der Waals surface area contributed by atoms with Gasteiger partial charge in [-0.15, -0.1) is 0 Å². The SMILES string of the molecule is CCCOCCOCCOCCOCCOCCOCCOCCOCCC#N.N#CCCOCCOCCOCCOCCOCCOCCOCCOCCPI. The highest BCUT2D eigenvalue weighted by Crippen LogP contribution is 2.18. The number of hydrogen-bond donors (Lipinski definition) is 0. The van der Waals surface area contributed by atoms with Gasteiger partial charge in [0.15, 0.2) is 0 Å². The predicted molar refractivity (Wildman–Crippen MR) is 231 cm³/mol. The van der Waals surface area contributed by atoms with Gasteiger partial charge in [0.25, 0.3) is 0 Å². The molecule has 18 nitrogen and oxygen atoms in total. The second-order valence-corrected chi connectivity index (χ2v) is 14.6. The van der Waals surface area contributed by atoms with Crippen molar-refractivity contribution in [1.29, 1.82) is 10.5 Å². The first-order valence-electron chi connectivity index (χ1n) is 20.6. The number of ether oxygens (including phenoxy) is 16. The number of nitriles is 2. The first-order valence-corrected chi connectivity index (χ1v) is 25.0. The lowest BCUT2D eigenvalue weighted by atomic mass is 10.5. The van der Waals surface area contributed by atoms with Crippen molar-refractivity contribution < 1.29 is 75.8 Å². The lowest BCUT2D eigenvalue weighted by Crippen LogP contribution is -2.15. The summed E-state index contributed by atoms with van der Waals surface area (Å²) >= 11 is 2.36. The van der Waals surface area contributed by atoms with Crippen LogP contribution in [0.5, 0.6) is 0 Å². The molecule has 1 atom stereocenters. The normalized spacial score (nSPS) is 11.3. The molecule has 0 fully saturated rings. The average molecular weight is 987 g/mol. The highest BCUT2D eigenvalue weighted by molar-refractivity contribution is 14.2. The van der Waals surface area contributed by atoms with Crippen molar-refractivity contribution in [2.75, 3.05) is 218 Å². The second kappa shape index (κ2) is 61.8. The smallest absolute Gasteiger partial charge is 0.0701 e. The van der Waals surface area contributed by atoms with Gasteiger partial charge in [-0.1, -0.05) is 35.2 Å². The van der Waals surface area contributed by atoms with Gasteiger partial charge in [0.1, 0.15) is 0 Å². The van der Waals surface area contributed by atoms with E-state index in [-0.39, 0.29) is 0 Å². The Bertz CT molecular complexity index is 839. The summed E-state index contributed by atoms with van der Waals surface area (Å²) in [7, 11) is 0. The summed E-state index contributed by atoms with van der Waals surface area (Å²) in [5.41, 5.74) is 0. The minimum atomic E-state index is 0.410. The molecule has 0 saturated carbocycles. The van der Waals surface area contributed by atoms with Gasteiger partial charge in [0, 0.05) is 6.61 Å². The molecule has 350 valence electrons. The fraction of sp³-hybridized carbons (Fsp3) is 0.949. The summed E-state index contributed by atoms with van der Waals surface area (Å²) in [6.45, 7) is 19.8. The van der Waals surface area contributed by atoms with E-state index in [0.29, 0.717) is 211 Å². The van der Waals surface area contributed by atoms with Crippen LogP contribution < -0.4 is 0 Å². The summed E-state index contributed by atoms with van der Waals surface area (Å²) < 4.78 is 85.8. The molecule has 0 aromatic rings. The van der Waals surface area contributed by atoms with Gasteiger partial charge in [-0.2, -0.15) is 10.5 Å². The van der Waals surface area contributed by atoms with Crippen molar-refractivity contribution in [3.63, 3.8) is 0 Å². The standard InChI is InChI=1S/C20H39NO8.C19H37INO8P/c1-2-5-22-7-9-24-11-13-26-15-17-28-19-20-29-18-16-27-14-12-25-10-8-23-6-3-4-21;20-30-19-18-29-17-16-28-15-14-27-13-12-26-11-10-25-9-8-24-7-6-23-5-4-22-3-1-2-21/h2-3,5-20H2,1H3;30H,1,3-19H2. The van der Waals surface area contributed by atoms with Gasteiger partial charge in [0.2, 0.25) is 0 Å². The molecule has 0 rings (SSSR count). The Morgan fingerprint density at radius 1 is 0.288 bits per heavy atom. The van der Waals surface area contributed by atoms with Crippen molar-refractivity contribution >= 4 is 28.3 Å². The van der Waals surface area contributed by atoms with Crippen LogP contribution in [0.4, 0.5) is 0 Å². The fourth-order valence-electron chi connectivity index (χ4n) is 3.77. The second-order valence-electron chi connectivity index (χ2n) is 11.5. The lowest BCUT2D eigenvalue weighted by Gasteiger charge is -2.08. The van der Waals surface area contributed by atoms with Crippen molar-refractivity contribution in [3.05, 3.63) is 0 Å². The maximum atomic E-state index is 8.35. The zero-order valence-electron chi connectivity index (χ0n) is 35.8. The zero-order chi connectivity index (χ0) is 42.9. The molecule has 0 aliphatic rings. The Morgan fingerprint density at radius 2 is 0.458 bits per heavy atom. The monoisotopic (exact) mass is 986 g/mol. The average Bonchev–Trinajstić information content (AvgIpc) is 3.25. The molecule has 0 bridgehead atoms. The Hall–Kier alpha value is -0.500. The van der Waals surface area contributed by atoms with E-state index in [9.17, 15) is 0 Å². The third-order valence-corrected chi connectivity index (χ3v) is 8.63. The number of rotatable bonds is 51. The van der Waals surface area contributed by atoms with Crippen molar-refractivity contribution in [3.8, 4) is 12.1 Å². The molecule has 0 amide bonds. The Balaban J connectivity index is 0. The summed E-state index contributed by atoms with van der Waals surface area (Å²) in [5.74, 6) is 0. The third-order valence-electron chi connectivity index (χ3n) is 6.61. The topological polar surface area (TPSA) is 195 Å². The van der Waals surface area contributed by atoms with Gasteiger partial charge in [-0.3, -0.25) is 0 Å². The Kier molecular flexibility index (Phi) is 63.5. The molecule has 0 aromatic heterocycles. The molecule has 0 saturated heterocycles. The van der Waals surface area contributed by atoms with E-state index in [4.69, 9.17) is 86.3 Å². The van der Waals surface area contributed by atoms with Gasteiger partial charge in [-0.25, -0.2) is 0 Å². The molecule has 0 aliphatic heterocycles. The quantitative estimate of drug-likeness (QED) is 0.0488. The molecule has 0 aromatic carbocycles. The van der Waals surface area contributed by atoms with Crippen molar-refractivity contribution in [2.24, 2.45) is 0 Å². The molecular formula is C39H76IN2O16P. The van der Waals surface area contributed by atoms with E-state index in [1.165, 1.54) is 0 Å². The molecule has 0 N–H and O–H groups in total. The zero-order valence-corrected chi connectivity index (χ0v) is 38.9. The van der Waals surface area contributed by atoms with Crippen molar-refractivity contribution in [1.82, 2.24) is 0 Å². The van der Waals surface area contributed by atoms with E-state index in [1.54, 1.807) is 0 Å². The minimum Gasteiger partial charge on any atom is -0.379 e. The van der Waals surface area contributed by atoms with Crippen molar-refractivity contribution in [2.45, 2.75) is 26.2 Å². The van der Waals surface area contributed by atoms with Crippen LogP contribution in [0.15, 0.2) is 0 Å². The van der Waals surface area contributed by atoms with E-state index < -0.39 is 0 Å². The van der Waals surface area contributed by atoms with E-state index >= 15 is 0 Å². The molecule has 0 heterocycles. The van der Waals surface area contributed by atoms with Crippen LogP contribution in [0.1, 0.15) is 26.2 Å². The van der Waals surface area contributed by atoms with E-state index in [2.05, 4.69) is 29.0 Å². The number of hydrogen-bond acceptors (Lipinski definition) is 18. The molecule has 0 radical (unpaired) electrons. The Morgan fingerprint density at radius 3 is 0.627 bits per heavy atom. The molecule has 20 heteroatoms. The highest BCUT2D eigenvalue weighted by atomic mass is 127. The van der Waals surface area contributed by atoms with Crippen LogP contribution in [-0.4, -0.2) is 218 Å². The molecule has 0 aliphatic carbocycles. The first kappa shape index (κ1) is 60.6. The maximum Gasteiger partial charge on any atom is 0.0701 e. The summed E-state index contributed by atoms with van der Waals surface area (Å²) in [4.78, 5) is 0. The van der Waals surface area contributed by atoms with Crippen LogP contribution in [-0.2, 0) is 75.8 Å².